The van der Waals surface area contributed by atoms with Crippen molar-refractivity contribution in [2.24, 2.45) is 0 Å². The van der Waals surface area contributed by atoms with Gasteiger partial charge in [-0.2, -0.15) is 5.10 Å². The van der Waals surface area contributed by atoms with E-state index in [4.69, 9.17) is 11.6 Å². The number of hydrogen-bond donors (Lipinski definition) is 0. The second kappa shape index (κ2) is 6.58. The van der Waals surface area contributed by atoms with Gasteiger partial charge in [-0.1, -0.05) is 0 Å². The fraction of sp³-hybridized carbons (Fsp3) is 0.500. The van der Waals surface area contributed by atoms with Crippen LogP contribution in [0.1, 0.15) is 30.0 Å². The highest BCUT2D eigenvalue weighted by atomic mass is 35.5. The Bertz CT molecular complexity index is 663. The van der Waals surface area contributed by atoms with Crippen LogP contribution in [0.2, 0.25) is 0 Å². The Hall–Kier alpha value is -1.40. The summed E-state index contributed by atoms with van der Waals surface area (Å²) in [5, 5.41) is 7.04. The van der Waals surface area contributed by atoms with Crippen LogP contribution in [0.5, 0.6) is 0 Å². The summed E-state index contributed by atoms with van der Waals surface area (Å²) in [5.74, 6) is 0.396. The molecule has 1 aliphatic heterocycles. The summed E-state index contributed by atoms with van der Waals surface area (Å²) in [6.07, 6.45) is 5.42. The van der Waals surface area contributed by atoms with Crippen molar-refractivity contribution in [3.05, 3.63) is 38.7 Å². The summed E-state index contributed by atoms with van der Waals surface area (Å²) < 4.78 is 1.45. The van der Waals surface area contributed by atoms with E-state index in [-0.39, 0.29) is 5.56 Å². The van der Waals surface area contributed by atoms with E-state index in [2.05, 4.69) is 15.0 Å². The van der Waals surface area contributed by atoms with Gasteiger partial charge in [-0.15, -0.1) is 22.9 Å². The van der Waals surface area contributed by atoms with Gasteiger partial charge in [0.1, 0.15) is 5.01 Å². The second-order valence-corrected chi connectivity index (χ2v) is 6.33. The topological polar surface area (TPSA) is 51.0 Å². The first-order chi connectivity index (χ1) is 10.3. The van der Waals surface area contributed by atoms with Crippen LogP contribution in [0, 0.1) is 0 Å². The molecule has 0 bridgehead atoms. The molecular formula is C14H17ClN4OS. The highest BCUT2D eigenvalue weighted by Gasteiger charge is 2.13. The molecule has 0 saturated carbocycles. The van der Waals surface area contributed by atoms with Crippen molar-refractivity contribution in [1.29, 1.82) is 0 Å². The summed E-state index contributed by atoms with van der Waals surface area (Å²) in [4.78, 5) is 18.8. The second-order valence-electron chi connectivity index (χ2n) is 5.12. The predicted molar refractivity (Wildman–Crippen MR) is 85.3 cm³/mol. The van der Waals surface area contributed by atoms with Gasteiger partial charge in [0.25, 0.3) is 5.56 Å². The van der Waals surface area contributed by atoms with Crippen LogP contribution in [-0.4, -0.2) is 27.9 Å². The van der Waals surface area contributed by atoms with Crippen molar-refractivity contribution in [2.75, 3.05) is 18.0 Å². The molecule has 3 heterocycles. The Balaban J connectivity index is 1.76. The molecule has 2 aromatic heterocycles. The number of hydrogen-bond acceptors (Lipinski definition) is 5. The van der Waals surface area contributed by atoms with Gasteiger partial charge in [0, 0.05) is 24.5 Å². The molecule has 3 rings (SSSR count). The third-order valence-corrected chi connectivity index (χ3v) is 4.75. The van der Waals surface area contributed by atoms with Crippen LogP contribution in [-0.2, 0) is 12.4 Å². The summed E-state index contributed by atoms with van der Waals surface area (Å²) in [5.41, 5.74) is 1.69. The van der Waals surface area contributed by atoms with E-state index in [0.717, 1.165) is 29.5 Å². The zero-order valence-electron chi connectivity index (χ0n) is 11.7. The normalized spacial score (nSPS) is 15.4. The van der Waals surface area contributed by atoms with Gasteiger partial charge in [0.2, 0.25) is 0 Å². The minimum atomic E-state index is -0.0827. The van der Waals surface area contributed by atoms with Gasteiger partial charge >= 0.3 is 0 Å². The first-order valence-corrected chi connectivity index (χ1v) is 8.49. The van der Waals surface area contributed by atoms with Gasteiger partial charge in [-0.05, 0) is 19.3 Å². The third-order valence-electron chi connectivity index (χ3n) is 3.60. The maximum absolute atomic E-state index is 12.2. The number of alkyl halides is 1. The lowest BCUT2D eigenvalue weighted by Crippen LogP contribution is -2.32. The van der Waals surface area contributed by atoms with Gasteiger partial charge in [-0.3, -0.25) is 4.79 Å². The van der Waals surface area contributed by atoms with Crippen molar-refractivity contribution >= 4 is 28.6 Å². The lowest BCUT2D eigenvalue weighted by molar-refractivity contribution is 0.571. The average Bonchev–Trinajstić information content (AvgIpc) is 2.98. The molecule has 1 saturated heterocycles. The Morgan fingerprint density at radius 2 is 2.10 bits per heavy atom. The molecule has 0 amide bonds. The van der Waals surface area contributed by atoms with Gasteiger partial charge < -0.3 is 4.90 Å². The summed E-state index contributed by atoms with van der Waals surface area (Å²) in [7, 11) is 0. The number of aromatic nitrogens is 3. The maximum Gasteiger partial charge on any atom is 0.269 e. The van der Waals surface area contributed by atoms with Crippen molar-refractivity contribution in [1.82, 2.24) is 14.8 Å². The smallest absolute Gasteiger partial charge is 0.269 e. The van der Waals surface area contributed by atoms with Crippen LogP contribution in [0.4, 0.5) is 5.69 Å². The van der Waals surface area contributed by atoms with Crippen LogP contribution in [0.15, 0.2) is 22.4 Å². The molecule has 112 valence electrons. The molecule has 0 unspecified atom stereocenters. The van der Waals surface area contributed by atoms with E-state index in [1.807, 2.05) is 5.38 Å². The number of rotatable bonds is 4. The lowest BCUT2D eigenvalue weighted by Gasteiger charge is -2.28. The molecule has 0 atom stereocenters. The van der Waals surface area contributed by atoms with Crippen molar-refractivity contribution in [3.63, 3.8) is 0 Å². The van der Waals surface area contributed by atoms with E-state index in [1.165, 1.54) is 35.3 Å². The number of piperidine rings is 1. The van der Waals surface area contributed by atoms with Crippen LogP contribution in [0.3, 0.4) is 0 Å². The fourth-order valence-corrected chi connectivity index (χ4v) is 3.48. The van der Waals surface area contributed by atoms with Crippen LogP contribution in [0.25, 0.3) is 0 Å². The summed E-state index contributed by atoms with van der Waals surface area (Å²) in [6.45, 7) is 2.42. The minimum absolute atomic E-state index is 0.0827. The molecule has 0 aliphatic carbocycles. The maximum atomic E-state index is 12.2. The number of anilines is 1. The molecular weight excluding hydrogens is 308 g/mol. The molecule has 0 radical (unpaired) electrons. The highest BCUT2D eigenvalue weighted by Crippen LogP contribution is 2.17. The van der Waals surface area contributed by atoms with Gasteiger partial charge in [0.05, 0.1) is 30.0 Å². The van der Waals surface area contributed by atoms with Crippen molar-refractivity contribution < 1.29 is 0 Å². The quantitative estimate of drug-likeness (QED) is 0.811. The largest absolute Gasteiger partial charge is 0.370 e. The van der Waals surface area contributed by atoms with Crippen molar-refractivity contribution in [3.8, 4) is 0 Å². The lowest BCUT2D eigenvalue weighted by atomic mass is 10.1. The summed E-state index contributed by atoms with van der Waals surface area (Å²) in [6, 6.07) is 1.67. The molecule has 2 aromatic rings. The molecule has 1 aliphatic rings. The third kappa shape index (κ3) is 3.44. The first-order valence-electron chi connectivity index (χ1n) is 7.07. The Morgan fingerprint density at radius 1 is 1.29 bits per heavy atom. The van der Waals surface area contributed by atoms with E-state index in [0.29, 0.717) is 12.4 Å². The first kappa shape index (κ1) is 14.5. The molecule has 5 nitrogen and oxygen atoms in total. The van der Waals surface area contributed by atoms with Gasteiger partial charge in [0.15, 0.2) is 0 Å². The van der Waals surface area contributed by atoms with Crippen LogP contribution >= 0.6 is 22.9 Å². The van der Waals surface area contributed by atoms with E-state index in [1.54, 1.807) is 12.3 Å². The molecule has 0 N–H and O–H groups in total. The summed E-state index contributed by atoms with van der Waals surface area (Å²) >= 11 is 7.24. The average molecular weight is 325 g/mol. The molecule has 1 fully saturated rings. The molecule has 0 spiro atoms. The zero-order valence-corrected chi connectivity index (χ0v) is 13.2. The van der Waals surface area contributed by atoms with Crippen LogP contribution < -0.4 is 10.5 Å². The Morgan fingerprint density at radius 3 is 2.76 bits per heavy atom. The Kier molecular flexibility index (Phi) is 4.55. The van der Waals surface area contributed by atoms with Gasteiger partial charge in [-0.25, -0.2) is 9.67 Å². The highest BCUT2D eigenvalue weighted by molar-refractivity contribution is 7.09. The Labute approximate surface area is 132 Å². The SMILES string of the molecule is O=c1cc(N2CCCCC2)cnn1Cc1nc(CCl)cs1. The predicted octanol–water partition coefficient (Wildman–Crippen LogP) is 2.48. The number of thiazole rings is 1. The number of halogens is 1. The fourth-order valence-electron chi connectivity index (χ4n) is 2.48. The molecule has 7 heteroatoms. The van der Waals surface area contributed by atoms with E-state index < -0.39 is 0 Å². The minimum Gasteiger partial charge on any atom is -0.370 e. The zero-order chi connectivity index (χ0) is 14.7. The van der Waals surface area contributed by atoms with E-state index in [9.17, 15) is 4.79 Å². The molecule has 21 heavy (non-hydrogen) atoms. The van der Waals surface area contributed by atoms with Crippen molar-refractivity contribution in [2.45, 2.75) is 31.7 Å². The monoisotopic (exact) mass is 324 g/mol. The molecule has 0 aromatic carbocycles. The standard InChI is InChI=1S/C14H17ClN4OS/c15-7-11-10-21-13(17-11)9-19-14(20)6-12(8-16-19)18-4-2-1-3-5-18/h6,8,10H,1-5,7,9H2. The number of nitrogens with zero attached hydrogens (tertiary/aromatic N) is 4. The van der Waals surface area contributed by atoms with E-state index >= 15 is 0 Å².